The van der Waals surface area contributed by atoms with Crippen LogP contribution in [0.25, 0.3) is 0 Å². The van der Waals surface area contributed by atoms with Crippen molar-refractivity contribution in [2.45, 2.75) is 18.4 Å². The quantitative estimate of drug-likeness (QED) is 0.589. The van der Waals surface area contributed by atoms with Crippen molar-refractivity contribution in [3.63, 3.8) is 0 Å². The molecule has 2 rings (SSSR count). The Hall–Kier alpha value is 0.110. The van der Waals surface area contributed by atoms with Crippen LogP contribution < -0.4 is 5.73 Å². The molecule has 0 aromatic heterocycles. The Morgan fingerprint density at radius 2 is 2.12 bits per heavy atom. The first-order chi connectivity index (χ1) is 3.72. The summed E-state index contributed by atoms with van der Waals surface area (Å²) in [5, 5.41) is 0. The van der Waals surface area contributed by atoms with Crippen LogP contribution in [0, 0.1) is 5.41 Å². The number of rotatable bonds is 1. The summed E-state index contributed by atoms with van der Waals surface area (Å²) in [5.74, 6) is 0. The summed E-state index contributed by atoms with van der Waals surface area (Å²) >= 11 is 2.99. The number of hydrogen-bond donors (Lipinski definition) is 1. The average Bonchev–Trinajstić information content (AvgIpc) is 2.25. The minimum atomic E-state index is 0.185. The highest BCUT2D eigenvalue weighted by Gasteiger charge is 2.80. The molecule has 0 spiro atoms. The van der Waals surface area contributed by atoms with Crippen molar-refractivity contribution in [2.75, 3.05) is 0 Å². The molecular weight excluding hydrogens is 168 g/mol. The van der Waals surface area contributed by atoms with Gasteiger partial charge in [0.15, 0.2) is 0 Å². The fourth-order valence-electron chi connectivity index (χ4n) is 1.30. The third-order valence-electron chi connectivity index (χ3n) is 2.30. The molecule has 0 unspecified atom stereocenters. The smallest absolute Gasteiger partial charge is 0.0730 e. The molecule has 2 fully saturated rings. The molecule has 2 aliphatic carbocycles. The largest absolute Gasteiger partial charge is 0.324 e. The van der Waals surface area contributed by atoms with E-state index in [9.17, 15) is 0 Å². The lowest BCUT2D eigenvalue weighted by Crippen LogP contribution is -2.07. The van der Waals surface area contributed by atoms with Gasteiger partial charge in [0.05, 0.1) is 16.1 Å². The minimum absolute atomic E-state index is 0.185. The van der Waals surface area contributed by atoms with Crippen molar-refractivity contribution in [2.24, 2.45) is 15.2 Å². The molecule has 3 heteroatoms. The molecule has 8 heavy (non-hydrogen) atoms. The van der Waals surface area contributed by atoms with Gasteiger partial charge >= 0.3 is 0 Å². The molecule has 0 heterocycles. The number of nitrogens with zero attached hydrogens (tertiary/aromatic N) is 1. The lowest BCUT2D eigenvalue weighted by molar-refractivity contribution is 0.783. The molecule has 2 N–H and O–H groups in total. The van der Waals surface area contributed by atoms with E-state index in [-0.39, 0.29) is 5.54 Å². The second-order valence-electron chi connectivity index (χ2n) is 2.89. The van der Waals surface area contributed by atoms with Gasteiger partial charge in [-0.3, -0.25) is 0 Å². The summed E-state index contributed by atoms with van der Waals surface area (Å²) in [6, 6.07) is 0. The van der Waals surface area contributed by atoms with Gasteiger partial charge in [0.1, 0.15) is 0 Å². The van der Waals surface area contributed by atoms with Crippen molar-refractivity contribution >= 4 is 22.4 Å². The molecule has 0 aromatic carbocycles. The van der Waals surface area contributed by atoms with E-state index in [4.69, 9.17) is 5.73 Å². The van der Waals surface area contributed by atoms with E-state index < -0.39 is 0 Å². The first kappa shape index (κ1) is 4.94. The van der Waals surface area contributed by atoms with Gasteiger partial charge in [-0.1, -0.05) is 0 Å². The predicted octanol–water partition coefficient (Wildman–Crippen LogP) is 0.858. The summed E-state index contributed by atoms with van der Waals surface area (Å²) in [4.78, 5) is 0. The van der Waals surface area contributed by atoms with Crippen molar-refractivity contribution in [3.8, 4) is 0 Å². The van der Waals surface area contributed by atoms with E-state index >= 15 is 0 Å². The Kier molecular flexibility index (Phi) is 0.632. The number of halogens is 1. The van der Waals surface area contributed by atoms with E-state index in [2.05, 4.69) is 20.2 Å². The SMILES string of the molecule is NC12CC1(C=NBr)C2. The van der Waals surface area contributed by atoms with Crippen molar-refractivity contribution in [1.29, 1.82) is 0 Å². The van der Waals surface area contributed by atoms with E-state index in [0.717, 1.165) is 12.8 Å². The van der Waals surface area contributed by atoms with Crippen molar-refractivity contribution in [3.05, 3.63) is 0 Å². The van der Waals surface area contributed by atoms with E-state index in [1.807, 2.05) is 6.21 Å². The molecule has 0 aliphatic heterocycles. The molecule has 2 saturated carbocycles. The molecule has 0 amide bonds. The summed E-state index contributed by atoms with van der Waals surface area (Å²) in [5.41, 5.74) is 6.28. The number of nitrogens with two attached hydrogens (primary N) is 1. The molecule has 2 nitrogen and oxygen atoms in total. The Morgan fingerprint density at radius 3 is 2.25 bits per heavy atom. The zero-order chi connectivity index (χ0) is 5.83. The monoisotopic (exact) mass is 174 g/mol. The second-order valence-corrected chi connectivity index (χ2v) is 3.30. The maximum atomic E-state index is 5.75. The van der Waals surface area contributed by atoms with Crippen LogP contribution in [0.1, 0.15) is 12.8 Å². The van der Waals surface area contributed by atoms with Gasteiger partial charge in [-0.25, -0.2) is 4.02 Å². The highest BCUT2D eigenvalue weighted by Crippen LogP contribution is 2.75. The maximum absolute atomic E-state index is 5.75. The Labute approximate surface area is 56.5 Å². The molecule has 44 valence electrons. The molecular formula is C5H7BrN2. The van der Waals surface area contributed by atoms with Gasteiger partial charge in [0, 0.05) is 17.2 Å². The molecule has 0 radical (unpaired) electrons. The third-order valence-corrected chi connectivity index (χ3v) is 2.50. The van der Waals surface area contributed by atoms with Crippen LogP contribution in [0.5, 0.6) is 0 Å². The van der Waals surface area contributed by atoms with Crippen molar-refractivity contribution in [1.82, 2.24) is 0 Å². The van der Waals surface area contributed by atoms with E-state index in [1.165, 1.54) is 0 Å². The number of hydrogen-bond acceptors (Lipinski definition) is 2. The van der Waals surface area contributed by atoms with Gasteiger partial charge in [-0.05, 0) is 12.8 Å². The topological polar surface area (TPSA) is 38.4 Å². The minimum Gasteiger partial charge on any atom is -0.324 e. The Morgan fingerprint density at radius 1 is 1.62 bits per heavy atom. The number of fused-ring (bicyclic) bond motifs is 1. The molecule has 0 saturated heterocycles. The Bertz CT molecular complexity index is 158. The standard InChI is InChI=1S/C5H7BrN2/c6-8-3-4-1-5(4,7)2-4/h3H,1-2,7H2. The van der Waals surface area contributed by atoms with Crippen LogP contribution in [0.2, 0.25) is 0 Å². The van der Waals surface area contributed by atoms with E-state index in [1.54, 1.807) is 0 Å². The fraction of sp³-hybridized carbons (Fsp3) is 0.800. The highest BCUT2D eigenvalue weighted by molar-refractivity contribution is 9.08. The average molecular weight is 175 g/mol. The summed E-state index contributed by atoms with van der Waals surface area (Å²) < 4.78 is 3.76. The van der Waals surface area contributed by atoms with Crippen LogP contribution in [-0.2, 0) is 0 Å². The summed E-state index contributed by atoms with van der Waals surface area (Å²) in [6.07, 6.45) is 4.22. The van der Waals surface area contributed by atoms with Crippen LogP contribution >= 0.6 is 16.1 Å². The molecule has 0 aromatic rings. The summed E-state index contributed by atoms with van der Waals surface area (Å²) in [7, 11) is 0. The summed E-state index contributed by atoms with van der Waals surface area (Å²) in [6.45, 7) is 0. The van der Waals surface area contributed by atoms with Crippen molar-refractivity contribution < 1.29 is 0 Å². The van der Waals surface area contributed by atoms with Gasteiger partial charge in [-0.2, -0.15) is 0 Å². The zero-order valence-electron chi connectivity index (χ0n) is 4.39. The van der Waals surface area contributed by atoms with Crippen LogP contribution in [0.15, 0.2) is 4.02 Å². The Balaban J connectivity index is 2.13. The van der Waals surface area contributed by atoms with Gasteiger partial charge in [-0.15, -0.1) is 0 Å². The zero-order valence-corrected chi connectivity index (χ0v) is 5.98. The maximum Gasteiger partial charge on any atom is 0.0730 e. The predicted molar refractivity (Wildman–Crippen MR) is 36.0 cm³/mol. The third kappa shape index (κ3) is 0.358. The van der Waals surface area contributed by atoms with Crippen LogP contribution in [0.4, 0.5) is 0 Å². The van der Waals surface area contributed by atoms with Crippen LogP contribution in [0.3, 0.4) is 0 Å². The molecule has 0 atom stereocenters. The lowest BCUT2D eigenvalue weighted by Gasteiger charge is -1.85. The second kappa shape index (κ2) is 1.02. The first-order valence-electron chi connectivity index (χ1n) is 2.67. The van der Waals surface area contributed by atoms with Gasteiger partial charge in [0.25, 0.3) is 0 Å². The highest BCUT2D eigenvalue weighted by atomic mass is 79.9. The first-order valence-corrected chi connectivity index (χ1v) is 3.38. The van der Waals surface area contributed by atoms with Gasteiger partial charge < -0.3 is 5.73 Å². The van der Waals surface area contributed by atoms with Crippen LogP contribution in [-0.4, -0.2) is 11.8 Å². The molecule has 2 aliphatic rings. The fourth-order valence-corrected chi connectivity index (χ4v) is 1.69. The van der Waals surface area contributed by atoms with Gasteiger partial charge in [0.2, 0.25) is 0 Å². The van der Waals surface area contributed by atoms with E-state index in [0.29, 0.717) is 5.41 Å². The normalized spacial score (nSPS) is 58.8. The lowest BCUT2D eigenvalue weighted by atomic mass is 10.2. The molecule has 0 bridgehead atoms.